The third-order valence-corrected chi connectivity index (χ3v) is 6.62. The fourth-order valence-electron chi connectivity index (χ4n) is 1.91. The minimum absolute atomic E-state index is 0.176. The van der Waals surface area contributed by atoms with Crippen LogP contribution in [0.3, 0.4) is 0 Å². The Labute approximate surface area is 141 Å². The summed E-state index contributed by atoms with van der Waals surface area (Å²) in [5.74, 6) is 0. The predicted molar refractivity (Wildman–Crippen MR) is 91.3 cm³/mol. The highest BCUT2D eigenvalue weighted by molar-refractivity contribution is 9.11. The lowest BCUT2D eigenvalue weighted by Gasteiger charge is -2.19. The van der Waals surface area contributed by atoms with Crippen LogP contribution in [-0.2, 0) is 16.6 Å². The quantitative estimate of drug-likeness (QED) is 0.749. The van der Waals surface area contributed by atoms with E-state index in [9.17, 15) is 8.42 Å². The Morgan fingerprint density at radius 1 is 1.10 bits per heavy atom. The summed E-state index contributed by atoms with van der Waals surface area (Å²) >= 11 is 6.54. The zero-order chi connectivity index (χ0) is 15.6. The van der Waals surface area contributed by atoms with Crippen molar-refractivity contribution in [2.75, 3.05) is 12.8 Å². The Bertz CT molecular complexity index is 726. The van der Waals surface area contributed by atoms with Crippen molar-refractivity contribution >= 4 is 47.6 Å². The van der Waals surface area contributed by atoms with Crippen molar-refractivity contribution in [3.63, 3.8) is 0 Å². The first-order valence-electron chi connectivity index (χ1n) is 6.07. The van der Waals surface area contributed by atoms with Gasteiger partial charge in [0.1, 0.15) is 4.90 Å². The monoisotopic (exact) mass is 432 g/mol. The Balaban J connectivity index is 2.38. The van der Waals surface area contributed by atoms with E-state index in [0.717, 1.165) is 5.56 Å². The minimum Gasteiger partial charge on any atom is -0.399 e. The number of rotatable bonds is 4. The third-order valence-electron chi connectivity index (χ3n) is 2.94. The number of nitrogens with two attached hydrogens (primary N) is 1. The van der Waals surface area contributed by atoms with Crippen molar-refractivity contribution in [1.29, 1.82) is 0 Å². The maximum Gasteiger partial charge on any atom is 0.245 e. The smallest absolute Gasteiger partial charge is 0.245 e. The van der Waals surface area contributed by atoms with E-state index in [0.29, 0.717) is 21.2 Å². The number of hydrogen-bond acceptors (Lipinski definition) is 3. The molecule has 0 atom stereocenters. The number of nitrogen functional groups attached to an aromatic ring is 1. The van der Waals surface area contributed by atoms with Gasteiger partial charge in [-0.15, -0.1) is 0 Å². The minimum atomic E-state index is -3.63. The maximum absolute atomic E-state index is 12.7. The van der Waals surface area contributed by atoms with Gasteiger partial charge in [-0.05, 0) is 49.6 Å². The summed E-state index contributed by atoms with van der Waals surface area (Å²) in [5, 5.41) is 0. The Morgan fingerprint density at radius 2 is 1.62 bits per heavy atom. The molecule has 7 heteroatoms. The largest absolute Gasteiger partial charge is 0.399 e. The van der Waals surface area contributed by atoms with E-state index < -0.39 is 10.0 Å². The molecular formula is C14H14Br2N2O2S. The number of anilines is 1. The van der Waals surface area contributed by atoms with E-state index >= 15 is 0 Å². The average Bonchev–Trinajstić information content (AvgIpc) is 2.38. The molecule has 0 radical (unpaired) electrons. The van der Waals surface area contributed by atoms with Crippen molar-refractivity contribution in [2.24, 2.45) is 0 Å². The number of sulfonamides is 1. The molecule has 0 aliphatic heterocycles. The van der Waals surface area contributed by atoms with Crippen molar-refractivity contribution < 1.29 is 8.42 Å². The molecule has 0 bridgehead atoms. The lowest BCUT2D eigenvalue weighted by Crippen LogP contribution is -2.27. The molecule has 0 heterocycles. The Kier molecular flexibility index (Phi) is 5.08. The average molecular weight is 434 g/mol. The van der Waals surface area contributed by atoms with Gasteiger partial charge in [-0.1, -0.05) is 30.3 Å². The van der Waals surface area contributed by atoms with Crippen LogP contribution in [0, 0.1) is 0 Å². The molecule has 0 aromatic heterocycles. The van der Waals surface area contributed by atoms with Crippen molar-refractivity contribution in [1.82, 2.24) is 4.31 Å². The standard InChI is InChI=1S/C14H14Br2N2O2S/c1-18(9-10-5-3-2-4-6-10)21(19,20)14-12(15)7-11(17)8-13(14)16/h2-8H,9,17H2,1H3. The first kappa shape index (κ1) is 16.5. The molecule has 2 N–H and O–H groups in total. The second-order valence-electron chi connectivity index (χ2n) is 4.56. The fraction of sp³-hybridized carbons (Fsp3) is 0.143. The van der Waals surface area contributed by atoms with E-state index in [-0.39, 0.29) is 4.90 Å². The van der Waals surface area contributed by atoms with Gasteiger partial charge in [0.2, 0.25) is 10.0 Å². The number of hydrogen-bond donors (Lipinski definition) is 1. The fourth-order valence-corrected chi connectivity index (χ4v) is 5.60. The predicted octanol–water partition coefficient (Wildman–Crippen LogP) is 3.61. The molecule has 0 spiro atoms. The van der Waals surface area contributed by atoms with Crippen LogP contribution in [0.25, 0.3) is 0 Å². The highest BCUT2D eigenvalue weighted by Gasteiger charge is 2.26. The van der Waals surface area contributed by atoms with Crippen LogP contribution in [0.15, 0.2) is 56.3 Å². The molecule has 0 aliphatic carbocycles. The van der Waals surface area contributed by atoms with Gasteiger partial charge < -0.3 is 5.73 Å². The van der Waals surface area contributed by atoms with Gasteiger partial charge in [0, 0.05) is 28.2 Å². The normalized spacial score (nSPS) is 11.8. The van der Waals surface area contributed by atoms with Crippen LogP contribution in [0.4, 0.5) is 5.69 Å². The van der Waals surface area contributed by atoms with E-state index in [4.69, 9.17) is 5.73 Å². The van der Waals surface area contributed by atoms with E-state index in [1.807, 2.05) is 30.3 Å². The van der Waals surface area contributed by atoms with E-state index in [2.05, 4.69) is 31.9 Å². The number of nitrogens with zero attached hydrogens (tertiary/aromatic N) is 1. The van der Waals surface area contributed by atoms with Gasteiger partial charge in [0.15, 0.2) is 0 Å². The number of benzene rings is 2. The molecule has 0 saturated carbocycles. The van der Waals surface area contributed by atoms with Gasteiger partial charge in [-0.3, -0.25) is 0 Å². The van der Waals surface area contributed by atoms with Gasteiger partial charge in [-0.25, -0.2) is 8.42 Å². The molecule has 21 heavy (non-hydrogen) atoms. The lowest BCUT2D eigenvalue weighted by molar-refractivity contribution is 0.466. The van der Waals surface area contributed by atoms with Crippen LogP contribution in [-0.4, -0.2) is 19.8 Å². The van der Waals surface area contributed by atoms with E-state index in [1.165, 1.54) is 4.31 Å². The maximum atomic E-state index is 12.7. The van der Waals surface area contributed by atoms with Gasteiger partial charge in [0.05, 0.1) is 0 Å². The molecule has 0 saturated heterocycles. The van der Waals surface area contributed by atoms with Gasteiger partial charge in [0.25, 0.3) is 0 Å². The van der Waals surface area contributed by atoms with Gasteiger partial charge >= 0.3 is 0 Å². The molecule has 0 aliphatic rings. The van der Waals surface area contributed by atoms with E-state index in [1.54, 1.807) is 19.2 Å². The summed E-state index contributed by atoms with van der Waals surface area (Å²) in [6.07, 6.45) is 0. The topological polar surface area (TPSA) is 63.4 Å². The number of halogens is 2. The van der Waals surface area contributed by atoms with Crippen molar-refractivity contribution in [3.05, 3.63) is 57.0 Å². The van der Waals surface area contributed by atoms with Crippen molar-refractivity contribution in [2.45, 2.75) is 11.4 Å². The molecule has 2 aromatic rings. The SMILES string of the molecule is CN(Cc1ccccc1)S(=O)(=O)c1c(Br)cc(N)cc1Br. The highest BCUT2D eigenvalue weighted by Crippen LogP contribution is 2.34. The first-order chi connectivity index (χ1) is 9.82. The summed E-state index contributed by atoms with van der Waals surface area (Å²) in [6, 6.07) is 12.6. The Morgan fingerprint density at radius 3 is 2.14 bits per heavy atom. The highest BCUT2D eigenvalue weighted by atomic mass is 79.9. The molecule has 4 nitrogen and oxygen atoms in total. The zero-order valence-corrected chi connectivity index (χ0v) is 15.2. The molecule has 112 valence electrons. The zero-order valence-electron chi connectivity index (χ0n) is 11.3. The summed E-state index contributed by atoms with van der Waals surface area (Å²) in [5.41, 5.74) is 7.11. The van der Waals surface area contributed by atoms with Crippen molar-refractivity contribution in [3.8, 4) is 0 Å². The molecular weight excluding hydrogens is 420 g/mol. The summed E-state index contributed by atoms with van der Waals surface area (Å²) in [7, 11) is -2.08. The third kappa shape index (κ3) is 3.66. The van der Waals surface area contributed by atoms with Crippen LogP contribution in [0.2, 0.25) is 0 Å². The molecule has 2 rings (SSSR count). The van der Waals surface area contributed by atoms with Crippen LogP contribution in [0.1, 0.15) is 5.56 Å². The second-order valence-corrected chi connectivity index (χ2v) is 8.25. The van der Waals surface area contributed by atoms with Crippen LogP contribution >= 0.6 is 31.9 Å². The lowest BCUT2D eigenvalue weighted by atomic mass is 10.2. The van der Waals surface area contributed by atoms with Gasteiger partial charge in [-0.2, -0.15) is 4.31 Å². The van der Waals surface area contributed by atoms with Crippen LogP contribution in [0.5, 0.6) is 0 Å². The van der Waals surface area contributed by atoms with Crippen LogP contribution < -0.4 is 5.73 Å². The summed E-state index contributed by atoms with van der Waals surface area (Å²) in [4.78, 5) is 0.176. The molecule has 0 fully saturated rings. The molecule has 0 unspecified atom stereocenters. The second kappa shape index (κ2) is 6.48. The molecule has 0 amide bonds. The molecule has 2 aromatic carbocycles. The first-order valence-corrected chi connectivity index (χ1v) is 9.10. The summed E-state index contributed by atoms with van der Waals surface area (Å²) < 4.78 is 27.6. The Hall–Kier alpha value is -0.890. The summed E-state index contributed by atoms with van der Waals surface area (Å²) in [6.45, 7) is 0.298.